The summed E-state index contributed by atoms with van der Waals surface area (Å²) in [5.74, 6) is -0.877. The Hall–Kier alpha value is -3.56. The molecule has 0 aromatic heterocycles. The molecule has 1 unspecified atom stereocenters. The summed E-state index contributed by atoms with van der Waals surface area (Å²) < 4.78 is 29.3. The topological polar surface area (TPSA) is 86.8 Å². The summed E-state index contributed by atoms with van der Waals surface area (Å²) >= 11 is 19.0. The average Bonchev–Trinajstić information content (AvgIpc) is 3.07. The van der Waals surface area contributed by atoms with Crippen molar-refractivity contribution in [2.75, 3.05) is 10.8 Å². The van der Waals surface area contributed by atoms with Crippen LogP contribution in [0.5, 0.6) is 0 Å². The zero-order valence-corrected chi connectivity index (χ0v) is 28.8. The molecule has 1 aliphatic rings. The number of carbonyl (C=O) groups excluding carboxylic acids is 2. The number of nitrogens with one attached hydrogen (secondary N) is 1. The first-order valence-electron chi connectivity index (χ1n) is 15.5. The van der Waals surface area contributed by atoms with Gasteiger partial charge in [-0.1, -0.05) is 109 Å². The molecular weight excluding hydrogens is 677 g/mol. The van der Waals surface area contributed by atoms with Crippen molar-refractivity contribution >= 4 is 62.3 Å². The molecule has 1 atom stereocenters. The molecule has 4 aromatic rings. The molecule has 0 radical (unpaired) electrons. The molecule has 0 bridgehead atoms. The smallest absolute Gasteiger partial charge is 0.264 e. The van der Waals surface area contributed by atoms with E-state index in [-0.39, 0.29) is 35.5 Å². The maximum absolute atomic E-state index is 14.6. The van der Waals surface area contributed by atoms with Crippen LogP contribution in [0.25, 0.3) is 0 Å². The van der Waals surface area contributed by atoms with E-state index in [0.717, 1.165) is 42.0 Å². The van der Waals surface area contributed by atoms with E-state index in [1.54, 1.807) is 42.5 Å². The van der Waals surface area contributed by atoms with Crippen LogP contribution in [-0.4, -0.2) is 43.8 Å². The van der Waals surface area contributed by atoms with Crippen LogP contribution in [0.3, 0.4) is 0 Å². The molecule has 0 heterocycles. The Bertz CT molecular complexity index is 1780. The molecule has 1 N–H and O–H groups in total. The normalized spacial score (nSPS) is 14.3. The standard InChI is InChI=1S/C36H36Cl3N3O4S/c37-28-18-20-32(21-19-28)47(45,46)42(31-16-9-13-29(38)23-31)25-35(43)41(24-27-12-7-8-17-33(27)39)34(22-26-10-3-1-4-11-26)36(44)40-30-14-5-2-6-15-30/h1,3-4,7-13,16-21,23,30,34H,2,5-6,14-15,22,24-25H2,(H,40,44). The molecule has 5 rings (SSSR count). The van der Waals surface area contributed by atoms with Crippen LogP contribution in [0.1, 0.15) is 43.2 Å². The Kier molecular flexibility index (Phi) is 11.9. The number of hydrogen-bond donors (Lipinski definition) is 1. The van der Waals surface area contributed by atoms with E-state index in [1.165, 1.54) is 35.2 Å². The van der Waals surface area contributed by atoms with Crippen molar-refractivity contribution in [1.29, 1.82) is 0 Å². The lowest BCUT2D eigenvalue weighted by Crippen LogP contribution is -2.55. The van der Waals surface area contributed by atoms with E-state index < -0.39 is 28.5 Å². The van der Waals surface area contributed by atoms with Gasteiger partial charge < -0.3 is 10.2 Å². The van der Waals surface area contributed by atoms with Gasteiger partial charge in [0.1, 0.15) is 12.6 Å². The summed E-state index contributed by atoms with van der Waals surface area (Å²) in [6, 6.07) is 27.6. The van der Waals surface area contributed by atoms with Gasteiger partial charge in [-0.15, -0.1) is 0 Å². The number of carbonyl (C=O) groups is 2. The maximum Gasteiger partial charge on any atom is 0.264 e. The zero-order chi connectivity index (χ0) is 33.4. The van der Waals surface area contributed by atoms with E-state index >= 15 is 0 Å². The van der Waals surface area contributed by atoms with Gasteiger partial charge in [0, 0.05) is 34.1 Å². The predicted molar refractivity (Wildman–Crippen MR) is 188 cm³/mol. The van der Waals surface area contributed by atoms with E-state index in [2.05, 4.69) is 5.32 Å². The highest BCUT2D eigenvalue weighted by molar-refractivity contribution is 7.92. The Morgan fingerprint density at radius 2 is 1.47 bits per heavy atom. The van der Waals surface area contributed by atoms with Crippen LogP contribution in [0.15, 0.2) is 108 Å². The fraction of sp³-hybridized carbons (Fsp3) is 0.278. The Morgan fingerprint density at radius 1 is 0.787 bits per heavy atom. The molecule has 11 heteroatoms. The van der Waals surface area contributed by atoms with Crippen molar-refractivity contribution in [2.24, 2.45) is 0 Å². The highest BCUT2D eigenvalue weighted by Crippen LogP contribution is 2.29. The fourth-order valence-corrected chi connectivity index (χ4v) is 7.71. The van der Waals surface area contributed by atoms with E-state index in [1.807, 2.05) is 30.3 Å². The van der Waals surface area contributed by atoms with Crippen molar-refractivity contribution in [1.82, 2.24) is 10.2 Å². The van der Waals surface area contributed by atoms with Gasteiger partial charge in [-0.05, 0) is 72.5 Å². The minimum Gasteiger partial charge on any atom is -0.352 e. The Labute approximate surface area is 291 Å². The van der Waals surface area contributed by atoms with Crippen LogP contribution in [0.4, 0.5) is 5.69 Å². The minimum absolute atomic E-state index is 0.0000280. The Balaban J connectivity index is 1.57. The monoisotopic (exact) mass is 711 g/mol. The van der Waals surface area contributed by atoms with Gasteiger partial charge in [0.05, 0.1) is 10.6 Å². The number of anilines is 1. The summed E-state index contributed by atoms with van der Waals surface area (Å²) in [5, 5.41) is 4.30. The second-order valence-electron chi connectivity index (χ2n) is 11.6. The van der Waals surface area contributed by atoms with Crippen LogP contribution in [0, 0.1) is 0 Å². The third-order valence-electron chi connectivity index (χ3n) is 8.30. The molecule has 0 aliphatic heterocycles. The number of sulfonamides is 1. The summed E-state index contributed by atoms with van der Waals surface area (Å²) in [6.45, 7) is -0.615. The SMILES string of the molecule is O=C(NC1CCCCC1)C(Cc1ccccc1)N(Cc1ccccc1Cl)C(=O)CN(c1cccc(Cl)c1)S(=O)(=O)c1ccc(Cl)cc1. The number of benzene rings is 4. The minimum atomic E-state index is -4.28. The van der Waals surface area contributed by atoms with Gasteiger partial charge in [-0.2, -0.15) is 0 Å². The van der Waals surface area contributed by atoms with Gasteiger partial charge in [-0.25, -0.2) is 8.42 Å². The summed E-state index contributed by atoms with van der Waals surface area (Å²) in [6.07, 6.45) is 5.12. The van der Waals surface area contributed by atoms with Crippen molar-refractivity contribution in [3.05, 3.63) is 129 Å². The van der Waals surface area contributed by atoms with Gasteiger partial charge in [0.2, 0.25) is 11.8 Å². The van der Waals surface area contributed by atoms with Crippen molar-refractivity contribution in [2.45, 2.75) is 62.0 Å². The summed E-state index contributed by atoms with van der Waals surface area (Å²) in [4.78, 5) is 30.2. The fourth-order valence-electron chi connectivity index (χ4n) is 5.80. The van der Waals surface area contributed by atoms with E-state index in [4.69, 9.17) is 34.8 Å². The molecule has 47 heavy (non-hydrogen) atoms. The summed E-state index contributed by atoms with van der Waals surface area (Å²) in [5.41, 5.74) is 1.68. The molecule has 1 saturated carbocycles. The Morgan fingerprint density at radius 3 is 2.15 bits per heavy atom. The summed E-state index contributed by atoms with van der Waals surface area (Å²) in [7, 11) is -4.28. The first kappa shape index (κ1) is 34.8. The largest absolute Gasteiger partial charge is 0.352 e. The number of rotatable bonds is 12. The second-order valence-corrected chi connectivity index (χ2v) is 14.7. The lowest BCUT2D eigenvalue weighted by Gasteiger charge is -2.35. The molecule has 7 nitrogen and oxygen atoms in total. The van der Waals surface area contributed by atoms with Crippen molar-refractivity contribution in [3.8, 4) is 0 Å². The highest BCUT2D eigenvalue weighted by atomic mass is 35.5. The van der Waals surface area contributed by atoms with Gasteiger partial charge in [-0.3, -0.25) is 13.9 Å². The van der Waals surface area contributed by atoms with Crippen LogP contribution in [-0.2, 0) is 32.6 Å². The van der Waals surface area contributed by atoms with Crippen molar-refractivity contribution in [3.63, 3.8) is 0 Å². The van der Waals surface area contributed by atoms with Gasteiger partial charge in [0.15, 0.2) is 0 Å². The van der Waals surface area contributed by atoms with Crippen molar-refractivity contribution < 1.29 is 18.0 Å². The number of hydrogen-bond acceptors (Lipinski definition) is 4. The average molecular weight is 713 g/mol. The lowest BCUT2D eigenvalue weighted by molar-refractivity contribution is -0.140. The van der Waals surface area contributed by atoms with Gasteiger partial charge in [0.25, 0.3) is 10.0 Å². The highest BCUT2D eigenvalue weighted by Gasteiger charge is 2.35. The zero-order valence-electron chi connectivity index (χ0n) is 25.7. The molecule has 1 fully saturated rings. The number of nitrogens with zero attached hydrogens (tertiary/aromatic N) is 2. The third kappa shape index (κ3) is 9.08. The first-order valence-corrected chi connectivity index (χ1v) is 18.1. The lowest BCUT2D eigenvalue weighted by atomic mass is 9.94. The molecule has 4 aromatic carbocycles. The van der Waals surface area contributed by atoms with Crippen LogP contribution >= 0.6 is 34.8 Å². The molecule has 0 saturated heterocycles. The maximum atomic E-state index is 14.6. The molecule has 246 valence electrons. The van der Waals surface area contributed by atoms with Crippen LogP contribution in [0.2, 0.25) is 15.1 Å². The van der Waals surface area contributed by atoms with E-state index in [0.29, 0.717) is 20.6 Å². The molecule has 1 aliphatic carbocycles. The first-order chi connectivity index (χ1) is 22.6. The second kappa shape index (κ2) is 16.0. The molecule has 0 spiro atoms. The van der Waals surface area contributed by atoms with Crippen LogP contribution < -0.4 is 9.62 Å². The molecular formula is C36H36Cl3N3O4S. The third-order valence-corrected chi connectivity index (χ3v) is 10.9. The number of halogens is 3. The number of amides is 2. The predicted octanol–water partition coefficient (Wildman–Crippen LogP) is 7.93. The molecule has 2 amide bonds. The van der Waals surface area contributed by atoms with Gasteiger partial charge >= 0.3 is 0 Å². The quantitative estimate of drug-likeness (QED) is 0.162. The van der Waals surface area contributed by atoms with E-state index in [9.17, 15) is 18.0 Å².